The Morgan fingerprint density at radius 3 is 2.04 bits per heavy atom. The van der Waals surface area contributed by atoms with E-state index in [1.54, 1.807) is 12.1 Å². The summed E-state index contributed by atoms with van der Waals surface area (Å²) in [7, 11) is 8.04. The van der Waals surface area contributed by atoms with Crippen LogP contribution in [-0.2, 0) is 0 Å². The van der Waals surface area contributed by atoms with Crippen molar-refractivity contribution in [3.8, 4) is 6.07 Å². The van der Waals surface area contributed by atoms with Gasteiger partial charge in [-0.3, -0.25) is 0 Å². The Balaban J connectivity index is 1.60. The lowest BCUT2D eigenvalue weighted by Crippen LogP contribution is -2.43. The van der Waals surface area contributed by atoms with Gasteiger partial charge in [0.15, 0.2) is 0 Å². The summed E-state index contributed by atoms with van der Waals surface area (Å²) in [5.41, 5.74) is 33.0. The van der Waals surface area contributed by atoms with Gasteiger partial charge < -0.3 is 42.7 Å². The first-order valence-corrected chi connectivity index (χ1v) is 16.8. The third kappa shape index (κ3) is 3.69. The number of nitriles is 1. The highest BCUT2D eigenvalue weighted by atomic mass is 16.3. The largest absolute Gasteiger partial charge is 0.872 e. The molecule has 3 aliphatic rings. The number of nitrogen functional groups attached to an aromatic ring is 4. The molecule has 6 aromatic rings. The molecule has 254 valence electrons. The minimum atomic E-state index is -0.351. The molecule has 9 rings (SSSR count). The van der Waals surface area contributed by atoms with Gasteiger partial charge in [0, 0.05) is 98.3 Å². The summed E-state index contributed by atoms with van der Waals surface area (Å²) in [6.07, 6.45) is 0. The summed E-state index contributed by atoms with van der Waals surface area (Å²) in [5.74, 6) is -0.351. The molecule has 0 atom stereocenters. The van der Waals surface area contributed by atoms with Crippen molar-refractivity contribution >= 4 is 94.0 Å². The van der Waals surface area contributed by atoms with Gasteiger partial charge in [0.05, 0.1) is 41.5 Å². The van der Waals surface area contributed by atoms with Crippen LogP contribution >= 0.6 is 0 Å². The van der Waals surface area contributed by atoms with Gasteiger partial charge >= 0.3 is 0 Å². The van der Waals surface area contributed by atoms with Gasteiger partial charge in [0.2, 0.25) is 12.0 Å². The number of nitrogens with two attached hydrogens (primary N) is 4. The lowest BCUT2D eigenvalue weighted by molar-refractivity contribution is -0.292. The summed E-state index contributed by atoms with van der Waals surface area (Å²) in [6.45, 7) is 9.46. The minimum Gasteiger partial charge on any atom is -0.872 e. The van der Waals surface area contributed by atoms with Crippen LogP contribution in [-0.4, -0.2) is 41.5 Å². The molecule has 0 amide bonds. The van der Waals surface area contributed by atoms with Crippen LogP contribution < -0.4 is 57.9 Å². The average molecular weight is 683 g/mol. The van der Waals surface area contributed by atoms with Crippen molar-refractivity contribution in [1.29, 1.82) is 5.26 Å². The van der Waals surface area contributed by atoms with Crippen LogP contribution in [0.25, 0.3) is 59.1 Å². The van der Waals surface area contributed by atoms with E-state index in [1.165, 1.54) is 0 Å². The van der Waals surface area contributed by atoms with Gasteiger partial charge in [-0.15, -0.1) is 0 Å². The predicted octanol–water partition coefficient (Wildman–Crippen LogP) is 3.63. The summed E-state index contributed by atoms with van der Waals surface area (Å²) >= 11 is 0. The maximum absolute atomic E-state index is 15.4. The molecule has 0 aromatic heterocycles. The van der Waals surface area contributed by atoms with Crippen LogP contribution in [0.5, 0.6) is 0 Å². The van der Waals surface area contributed by atoms with E-state index in [1.807, 2.05) is 76.7 Å². The highest BCUT2D eigenvalue weighted by molar-refractivity contribution is 6.32. The van der Waals surface area contributed by atoms with E-state index in [9.17, 15) is 5.26 Å². The van der Waals surface area contributed by atoms with Gasteiger partial charge in [0.1, 0.15) is 7.05 Å². The first-order chi connectivity index (χ1) is 25.0. The number of nitrogens with zero attached hydrogens (tertiary/aromatic N) is 6. The maximum Gasteiger partial charge on any atom is 0.270 e. The van der Waals surface area contributed by atoms with E-state index in [2.05, 4.69) is 30.2 Å². The zero-order chi connectivity index (χ0) is 36.5. The minimum absolute atomic E-state index is 0.215. The fraction of sp³-hybridized carbons (Fsp3) is 0.146. The molecule has 8 N–H and O–H groups in total. The number of hydrogen-bond acceptors (Lipinski definition) is 9. The zero-order valence-electron chi connectivity index (χ0n) is 29.1. The maximum atomic E-state index is 15.4. The van der Waals surface area contributed by atoms with Gasteiger partial charge in [0.25, 0.3) is 5.70 Å². The molecule has 1 aliphatic carbocycles. The average Bonchev–Trinajstić information content (AvgIpc) is 3.10. The highest BCUT2D eigenvalue weighted by Gasteiger charge is 2.36. The lowest BCUT2D eigenvalue weighted by Gasteiger charge is -2.41. The van der Waals surface area contributed by atoms with Crippen LogP contribution in [0.1, 0.15) is 5.56 Å². The second-order valence-corrected chi connectivity index (χ2v) is 13.9. The van der Waals surface area contributed by atoms with E-state index in [0.29, 0.717) is 68.4 Å². The summed E-state index contributed by atoms with van der Waals surface area (Å²) in [5, 5.41) is 33.3. The number of anilines is 7. The zero-order valence-corrected chi connectivity index (χ0v) is 29.1. The summed E-state index contributed by atoms with van der Waals surface area (Å²) in [4.78, 5) is 10.1. The van der Waals surface area contributed by atoms with E-state index in [-0.39, 0.29) is 28.2 Å². The Labute approximate surface area is 298 Å². The molecule has 0 spiro atoms. The molecule has 0 saturated heterocycles. The number of fused-ring (bicyclic) bond motifs is 4. The van der Waals surface area contributed by atoms with E-state index in [4.69, 9.17) is 29.5 Å². The number of benzene rings is 6. The van der Waals surface area contributed by atoms with Crippen LogP contribution in [0.2, 0.25) is 0 Å². The van der Waals surface area contributed by atoms with Gasteiger partial charge in [-0.25, -0.2) is 14.7 Å². The number of hydrogen-bond donors (Lipinski definition) is 4. The smallest absolute Gasteiger partial charge is 0.270 e. The Morgan fingerprint density at radius 1 is 0.750 bits per heavy atom. The van der Waals surface area contributed by atoms with Gasteiger partial charge in [-0.05, 0) is 53.6 Å². The van der Waals surface area contributed by atoms with E-state index < -0.39 is 0 Å². The van der Waals surface area contributed by atoms with Crippen molar-refractivity contribution < 1.29 is 5.11 Å². The second kappa shape index (κ2) is 10.5. The third-order valence-electron chi connectivity index (χ3n) is 11.0. The van der Waals surface area contributed by atoms with Crippen molar-refractivity contribution in [2.24, 2.45) is 0 Å². The summed E-state index contributed by atoms with van der Waals surface area (Å²) in [6, 6.07) is 21.1. The van der Waals surface area contributed by atoms with Crippen molar-refractivity contribution in [2.75, 3.05) is 79.2 Å². The Morgan fingerprint density at radius 2 is 1.37 bits per heavy atom. The fourth-order valence-electron chi connectivity index (χ4n) is 8.97. The standard InChI is InChI=1S/C41H34N10O/c1-47-25(16-42)32-37(35-28-19(8-6-10-21(28)43)39-33-26(48(2)17-50(39)4)14-12-23(45)30(33)35)41(52)38(32)36-29-20(9-7-11-22(29)44)40-34-27(49(3)18-51(40)5)15-13-24(46)31(34)36/h6-15H,17-18,43-46H2,2-5H3. The third-order valence-corrected chi connectivity index (χ3v) is 11.0. The quantitative estimate of drug-likeness (QED) is 0.0666. The second-order valence-electron chi connectivity index (χ2n) is 13.9. The Kier molecular flexibility index (Phi) is 6.21. The molecule has 0 saturated carbocycles. The molecular formula is C41H34N10O. The molecule has 0 bridgehead atoms. The molecule has 2 heterocycles. The van der Waals surface area contributed by atoms with Crippen molar-refractivity contribution in [2.45, 2.75) is 0 Å². The topological polar surface area (TPSA) is 168 Å². The SMILES string of the molecule is [C-]#[N+]/C(C#N)=C1C(c2c3c(N)cccc3c3c4c(ccc(N)c24)N(C)CN3C)=C([O-])C/1=c1/c2c(N)cccc2c2c3c(ccc(N)c13)N(C)C[N+]=2C. The monoisotopic (exact) mass is 682 g/mol. The predicted molar refractivity (Wildman–Crippen MR) is 211 cm³/mol. The van der Waals surface area contributed by atoms with Crippen molar-refractivity contribution in [1.82, 2.24) is 4.58 Å². The number of rotatable bonds is 1. The van der Waals surface area contributed by atoms with E-state index in [0.717, 1.165) is 44.0 Å². The fourth-order valence-corrected chi connectivity index (χ4v) is 8.97. The van der Waals surface area contributed by atoms with E-state index >= 15 is 5.11 Å². The molecular weight excluding hydrogens is 649 g/mol. The van der Waals surface area contributed by atoms with Crippen LogP contribution in [0.3, 0.4) is 0 Å². The Hall–Kier alpha value is -7.11. The van der Waals surface area contributed by atoms with Crippen LogP contribution in [0.15, 0.2) is 77.7 Å². The van der Waals surface area contributed by atoms with Gasteiger partial charge in [-0.2, -0.15) is 0 Å². The number of allylic oxidation sites excluding steroid dienone is 3. The first kappa shape index (κ1) is 30.9. The van der Waals surface area contributed by atoms with Gasteiger partial charge in [-0.1, -0.05) is 24.0 Å². The molecule has 0 unspecified atom stereocenters. The van der Waals surface area contributed by atoms with Crippen LogP contribution in [0, 0.1) is 17.9 Å². The molecule has 0 radical (unpaired) electrons. The molecule has 11 heteroatoms. The van der Waals surface area contributed by atoms with Crippen molar-refractivity contribution in [3.05, 3.63) is 105 Å². The lowest BCUT2D eigenvalue weighted by atomic mass is 9.73. The highest BCUT2D eigenvalue weighted by Crippen LogP contribution is 2.56. The molecule has 11 nitrogen and oxygen atoms in total. The van der Waals surface area contributed by atoms with Crippen LogP contribution in [0.4, 0.5) is 39.8 Å². The molecule has 6 aromatic carbocycles. The normalized spacial score (nSPS) is 17.3. The Bertz CT molecular complexity index is 2980. The molecule has 52 heavy (non-hydrogen) atoms. The molecule has 2 aliphatic heterocycles. The summed E-state index contributed by atoms with van der Waals surface area (Å²) < 4.78 is 2.14. The first-order valence-electron chi connectivity index (χ1n) is 16.8. The molecule has 0 fully saturated rings. The van der Waals surface area contributed by atoms with Crippen molar-refractivity contribution in [3.63, 3.8) is 0 Å².